The third-order valence-electron chi connectivity index (χ3n) is 2.66. The Bertz CT molecular complexity index is 304. The first-order chi connectivity index (χ1) is 8.09. The number of aliphatic carboxylic acids is 1. The number of carboxylic acids is 1. The van der Waals surface area contributed by atoms with Gasteiger partial charge in [-0.3, -0.25) is 14.4 Å². The zero-order valence-electron chi connectivity index (χ0n) is 9.70. The molecule has 0 radical (unpaired) electrons. The molecule has 1 atom stereocenters. The molecule has 1 unspecified atom stereocenters. The lowest BCUT2D eigenvalue weighted by atomic mass is 10.1. The molecule has 0 saturated carbocycles. The predicted octanol–water partition coefficient (Wildman–Crippen LogP) is 0.0262. The van der Waals surface area contributed by atoms with Crippen LogP contribution in [0.5, 0.6) is 0 Å². The fourth-order valence-electron chi connectivity index (χ4n) is 1.74. The molecule has 1 aliphatic rings. The number of piperidine rings is 1. The maximum atomic E-state index is 11.5. The van der Waals surface area contributed by atoms with Crippen molar-refractivity contribution in [3.63, 3.8) is 0 Å². The summed E-state index contributed by atoms with van der Waals surface area (Å²) in [5.74, 6) is -1.16. The fourth-order valence-corrected chi connectivity index (χ4v) is 1.74. The van der Waals surface area contributed by atoms with E-state index in [1.165, 1.54) is 0 Å². The van der Waals surface area contributed by atoms with Gasteiger partial charge in [-0.05, 0) is 25.7 Å². The first kappa shape index (κ1) is 13.5. The molecule has 0 aromatic heterocycles. The maximum absolute atomic E-state index is 11.5. The number of carbonyl (C=O) groups excluding carboxylic acids is 2. The van der Waals surface area contributed by atoms with Crippen molar-refractivity contribution in [2.75, 3.05) is 6.54 Å². The summed E-state index contributed by atoms with van der Waals surface area (Å²) in [5.41, 5.74) is 0. The first-order valence-corrected chi connectivity index (χ1v) is 5.88. The van der Waals surface area contributed by atoms with Gasteiger partial charge >= 0.3 is 5.97 Å². The average Bonchev–Trinajstić information content (AvgIpc) is 2.27. The summed E-state index contributed by atoms with van der Waals surface area (Å²) in [6.45, 7) is 0.670. The van der Waals surface area contributed by atoms with Crippen molar-refractivity contribution in [3.8, 4) is 0 Å². The van der Waals surface area contributed by atoms with Gasteiger partial charge in [0.1, 0.15) is 6.04 Å². The summed E-state index contributed by atoms with van der Waals surface area (Å²) in [7, 11) is 0. The fraction of sp³-hybridized carbons (Fsp3) is 0.727. The third kappa shape index (κ3) is 5.33. The molecular formula is C11H18N2O4. The number of carbonyl (C=O) groups is 3. The van der Waals surface area contributed by atoms with Gasteiger partial charge in [-0.25, -0.2) is 0 Å². The Morgan fingerprint density at radius 3 is 2.71 bits per heavy atom. The van der Waals surface area contributed by atoms with Crippen molar-refractivity contribution in [2.24, 2.45) is 0 Å². The second-order valence-electron chi connectivity index (χ2n) is 4.15. The Kier molecular flexibility index (Phi) is 5.45. The Morgan fingerprint density at radius 1 is 1.35 bits per heavy atom. The van der Waals surface area contributed by atoms with Crippen LogP contribution in [0, 0.1) is 0 Å². The lowest BCUT2D eigenvalue weighted by Crippen LogP contribution is -2.50. The number of carboxylic acid groups (broad SMARTS) is 1. The van der Waals surface area contributed by atoms with Gasteiger partial charge in [0, 0.05) is 19.4 Å². The van der Waals surface area contributed by atoms with E-state index in [0.717, 1.165) is 6.42 Å². The van der Waals surface area contributed by atoms with Crippen molar-refractivity contribution in [2.45, 2.75) is 44.6 Å². The second kappa shape index (κ2) is 6.88. The van der Waals surface area contributed by atoms with Crippen LogP contribution in [0.2, 0.25) is 0 Å². The van der Waals surface area contributed by atoms with Gasteiger partial charge in [-0.1, -0.05) is 0 Å². The third-order valence-corrected chi connectivity index (χ3v) is 2.66. The van der Waals surface area contributed by atoms with Gasteiger partial charge in [-0.2, -0.15) is 0 Å². The van der Waals surface area contributed by atoms with Crippen molar-refractivity contribution in [1.29, 1.82) is 0 Å². The maximum Gasteiger partial charge on any atom is 0.303 e. The van der Waals surface area contributed by atoms with Crippen LogP contribution in [-0.2, 0) is 14.4 Å². The molecule has 0 aromatic rings. The minimum Gasteiger partial charge on any atom is -0.481 e. The second-order valence-corrected chi connectivity index (χ2v) is 4.15. The highest BCUT2D eigenvalue weighted by Crippen LogP contribution is 2.05. The van der Waals surface area contributed by atoms with Crippen molar-refractivity contribution in [3.05, 3.63) is 0 Å². The molecule has 0 bridgehead atoms. The smallest absolute Gasteiger partial charge is 0.303 e. The summed E-state index contributed by atoms with van der Waals surface area (Å²) in [6, 6.07) is -0.421. The zero-order valence-corrected chi connectivity index (χ0v) is 9.70. The Hall–Kier alpha value is -1.59. The molecule has 3 N–H and O–H groups in total. The standard InChI is InChI=1S/C11H18N2O4/c14-9(5-1-2-6-10(15)16)13-8-4-3-7-12-11(8)17/h8H,1-7H2,(H,12,17)(H,13,14)(H,15,16). The van der Waals surface area contributed by atoms with E-state index in [0.29, 0.717) is 25.8 Å². The molecule has 0 aliphatic carbocycles. The number of hydrogen-bond donors (Lipinski definition) is 3. The van der Waals surface area contributed by atoms with Crippen molar-refractivity contribution < 1.29 is 19.5 Å². The molecule has 6 heteroatoms. The highest BCUT2D eigenvalue weighted by atomic mass is 16.4. The molecule has 96 valence electrons. The average molecular weight is 242 g/mol. The van der Waals surface area contributed by atoms with Crippen molar-refractivity contribution in [1.82, 2.24) is 10.6 Å². The molecular weight excluding hydrogens is 224 g/mol. The van der Waals surface area contributed by atoms with Gasteiger partial charge < -0.3 is 15.7 Å². The summed E-state index contributed by atoms with van der Waals surface area (Å²) in [4.78, 5) is 33.1. The minimum atomic E-state index is -0.850. The SMILES string of the molecule is O=C(O)CCCCC(=O)NC1CCCNC1=O. The Balaban J connectivity index is 2.15. The van der Waals surface area contributed by atoms with Gasteiger partial charge in [0.25, 0.3) is 0 Å². The lowest BCUT2D eigenvalue weighted by Gasteiger charge is -2.22. The van der Waals surface area contributed by atoms with E-state index in [-0.39, 0.29) is 24.7 Å². The van der Waals surface area contributed by atoms with Gasteiger partial charge in [0.15, 0.2) is 0 Å². The van der Waals surface area contributed by atoms with Crippen LogP contribution in [-0.4, -0.2) is 35.5 Å². The number of unbranched alkanes of at least 4 members (excludes halogenated alkanes) is 1. The number of hydrogen-bond acceptors (Lipinski definition) is 3. The molecule has 0 spiro atoms. The molecule has 1 rings (SSSR count). The monoisotopic (exact) mass is 242 g/mol. The summed E-state index contributed by atoms with van der Waals surface area (Å²) < 4.78 is 0. The molecule has 17 heavy (non-hydrogen) atoms. The predicted molar refractivity (Wildman–Crippen MR) is 60.3 cm³/mol. The normalized spacial score (nSPS) is 19.5. The van der Waals surface area contributed by atoms with E-state index in [1.807, 2.05) is 0 Å². The molecule has 1 fully saturated rings. The largest absolute Gasteiger partial charge is 0.481 e. The molecule has 1 aliphatic heterocycles. The lowest BCUT2D eigenvalue weighted by molar-refractivity contribution is -0.137. The number of nitrogens with one attached hydrogen (secondary N) is 2. The molecule has 0 aromatic carbocycles. The van der Waals surface area contributed by atoms with Crippen molar-refractivity contribution >= 4 is 17.8 Å². The quantitative estimate of drug-likeness (QED) is 0.572. The Morgan fingerprint density at radius 2 is 2.06 bits per heavy atom. The van der Waals surface area contributed by atoms with Crippen LogP contribution < -0.4 is 10.6 Å². The highest BCUT2D eigenvalue weighted by Gasteiger charge is 2.23. The van der Waals surface area contributed by atoms with Crippen LogP contribution in [0.4, 0.5) is 0 Å². The van der Waals surface area contributed by atoms with Crippen LogP contribution in [0.15, 0.2) is 0 Å². The van der Waals surface area contributed by atoms with Crippen LogP contribution in [0.1, 0.15) is 38.5 Å². The van der Waals surface area contributed by atoms with Gasteiger partial charge in [0.2, 0.25) is 11.8 Å². The van der Waals surface area contributed by atoms with E-state index in [9.17, 15) is 14.4 Å². The Labute approximate surface area is 99.8 Å². The summed E-state index contributed by atoms with van der Waals surface area (Å²) >= 11 is 0. The summed E-state index contributed by atoms with van der Waals surface area (Å²) in [6.07, 6.45) is 2.92. The molecule has 1 saturated heterocycles. The molecule has 1 heterocycles. The minimum absolute atomic E-state index is 0.0806. The van der Waals surface area contributed by atoms with E-state index < -0.39 is 12.0 Å². The topological polar surface area (TPSA) is 95.5 Å². The first-order valence-electron chi connectivity index (χ1n) is 5.88. The van der Waals surface area contributed by atoms with Crippen LogP contribution in [0.25, 0.3) is 0 Å². The van der Waals surface area contributed by atoms with E-state index in [2.05, 4.69) is 10.6 Å². The highest BCUT2D eigenvalue weighted by molar-refractivity contribution is 5.88. The van der Waals surface area contributed by atoms with E-state index in [1.54, 1.807) is 0 Å². The number of amides is 2. The zero-order chi connectivity index (χ0) is 12.7. The van der Waals surface area contributed by atoms with Crippen LogP contribution in [0.3, 0.4) is 0 Å². The number of rotatable bonds is 6. The summed E-state index contributed by atoms with van der Waals surface area (Å²) in [5, 5.41) is 13.8. The van der Waals surface area contributed by atoms with E-state index >= 15 is 0 Å². The van der Waals surface area contributed by atoms with Gasteiger partial charge in [0.05, 0.1) is 0 Å². The van der Waals surface area contributed by atoms with E-state index in [4.69, 9.17) is 5.11 Å². The molecule has 2 amide bonds. The van der Waals surface area contributed by atoms with Crippen LogP contribution >= 0.6 is 0 Å². The van der Waals surface area contributed by atoms with Gasteiger partial charge in [-0.15, -0.1) is 0 Å². The molecule has 6 nitrogen and oxygen atoms in total.